The van der Waals surface area contributed by atoms with E-state index in [-0.39, 0.29) is 36.1 Å². The second-order valence-corrected chi connectivity index (χ2v) is 7.80. The fraction of sp³-hybridized carbons (Fsp3) is 0.462. The number of piperidine rings is 1. The average Bonchev–Trinajstić information content (AvgIpc) is 2.47. The van der Waals surface area contributed by atoms with E-state index in [9.17, 15) is 26.4 Å². The standard InChI is InChI=1S/C13H15BrF3N3O3S/c14-11-2-1-9(7-10(11)13(15,16)17)19-12(21)8-3-5-20(6-4-8)24(18,22)23/h1-2,7-8H,3-6H2,(H,19,21)(H2,18,22,23). The lowest BCUT2D eigenvalue weighted by atomic mass is 9.97. The van der Waals surface area contributed by atoms with Gasteiger partial charge in [-0.25, -0.2) is 5.14 Å². The van der Waals surface area contributed by atoms with Crippen molar-refractivity contribution in [2.24, 2.45) is 11.1 Å². The van der Waals surface area contributed by atoms with Gasteiger partial charge in [0.05, 0.1) is 5.56 Å². The Morgan fingerprint density at radius 1 is 1.29 bits per heavy atom. The molecule has 0 atom stereocenters. The SMILES string of the molecule is NS(=O)(=O)N1CCC(C(=O)Nc2ccc(Br)c(C(F)(F)F)c2)CC1. The van der Waals surface area contributed by atoms with Gasteiger partial charge in [-0.2, -0.15) is 25.9 Å². The summed E-state index contributed by atoms with van der Waals surface area (Å²) in [6.45, 7) is 0.204. The number of hydrogen-bond donors (Lipinski definition) is 2. The average molecular weight is 430 g/mol. The van der Waals surface area contributed by atoms with Gasteiger partial charge in [-0.05, 0) is 31.0 Å². The van der Waals surface area contributed by atoms with E-state index in [1.54, 1.807) is 0 Å². The Kier molecular flexibility index (Phi) is 5.57. The normalized spacial score (nSPS) is 17.7. The Morgan fingerprint density at radius 2 is 1.88 bits per heavy atom. The minimum Gasteiger partial charge on any atom is -0.326 e. The molecular formula is C13H15BrF3N3O3S. The molecule has 1 amide bonds. The van der Waals surface area contributed by atoms with E-state index >= 15 is 0 Å². The molecule has 1 aromatic rings. The topological polar surface area (TPSA) is 92.5 Å². The number of amides is 1. The Balaban J connectivity index is 2.04. The van der Waals surface area contributed by atoms with Crippen LogP contribution in [0.1, 0.15) is 18.4 Å². The van der Waals surface area contributed by atoms with E-state index < -0.39 is 33.8 Å². The lowest BCUT2D eigenvalue weighted by molar-refractivity contribution is -0.138. The van der Waals surface area contributed by atoms with E-state index in [2.05, 4.69) is 21.2 Å². The molecular weight excluding hydrogens is 415 g/mol. The monoisotopic (exact) mass is 429 g/mol. The molecule has 1 aliphatic heterocycles. The maximum absolute atomic E-state index is 12.9. The van der Waals surface area contributed by atoms with Gasteiger partial charge < -0.3 is 5.32 Å². The van der Waals surface area contributed by atoms with Crippen molar-refractivity contribution in [1.29, 1.82) is 0 Å². The molecule has 1 aromatic carbocycles. The predicted octanol–water partition coefficient (Wildman–Crippen LogP) is 2.32. The number of halogens is 4. The van der Waals surface area contributed by atoms with Crippen LogP contribution >= 0.6 is 15.9 Å². The summed E-state index contributed by atoms with van der Waals surface area (Å²) in [5, 5.41) is 7.46. The van der Waals surface area contributed by atoms with Crippen LogP contribution in [-0.2, 0) is 21.2 Å². The molecule has 0 bridgehead atoms. The third-order valence-corrected chi connectivity index (χ3v) is 5.50. The minimum absolute atomic E-state index is 0.0319. The third kappa shape index (κ3) is 4.68. The molecule has 1 heterocycles. The van der Waals surface area contributed by atoms with Crippen LogP contribution in [0.5, 0.6) is 0 Å². The maximum atomic E-state index is 12.9. The van der Waals surface area contributed by atoms with Crippen molar-refractivity contribution in [2.45, 2.75) is 19.0 Å². The number of rotatable bonds is 3. The molecule has 11 heteroatoms. The van der Waals surface area contributed by atoms with Gasteiger partial charge in [0.15, 0.2) is 0 Å². The zero-order valence-corrected chi connectivity index (χ0v) is 14.7. The van der Waals surface area contributed by atoms with E-state index in [0.29, 0.717) is 0 Å². The van der Waals surface area contributed by atoms with Gasteiger partial charge >= 0.3 is 6.18 Å². The van der Waals surface area contributed by atoms with Crippen LogP contribution in [0.3, 0.4) is 0 Å². The molecule has 1 saturated heterocycles. The Hall–Kier alpha value is -1.17. The van der Waals surface area contributed by atoms with Gasteiger partial charge in [0.2, 0.25) is 5.91 Å². The number of nitrogens with one attached hydrogen (secondary N) is 1. The number of benzene rings is 1. The summed E-state index contributed by atoms with van der Waals surface area (Å²) in [7, 11) is -3.79. The van der Waals surface area contributed by atoms with Gasteiger partial charge in [0.1, 0.15) is 0 Å². The lowest BCUT2D eigenvalue weighted by Gasteiger charge is -2.29. The fourth-order valence-corrected chi connectivity index (χ4v) is 3.63. The second-order valence-electron chi connectivity index (χ2n) is 5.40. The molecule has 0 radical (unpaired) electrons. The van der Waals surface area contributed by atoms with Crippen molar-refractivity contribution in [1.82, 2.24) is 4.31 Å². The zero-order valence-electron chi connectivity index (χ0n) is 12.3. The van der Waals surface area contributed by atoms with Gasteiger partial charge in [-0.3, -0.25) is 4.79 Å². The first-order valence-electron chi connectivity index (χ1n) is 6.94. The molecule has 0 saturated carbocycles. The zero-order chi connectivity index (χ0) is 18.1. The molecule has 3 N–H and O–H groups in total. The molecule has 6 nitrogen and oxygen atoms in total. The summed E-state index contributed by atoms with van der Waals surface area (Å²) < 4.78 is 61.9. The summed E-state index contributed by atoms with van der Waals surface area (Å²) in [5.41, 5.74) is -0.853. The van der Waals surface area contributed by atoms with Crippen LogP contribution in [0.25, 0.3) is 0 Å². The first-order valence-corrected chi connectivity index (χ1v) is 9.23. The highest BCUT2D eigenvalue weighted by Crippen LogP contribution is 2.36. The number of nitrogens with zero attached hydrogens (tertiary/aromatic N) is 1. The van der Waals surface area contributed by atoms with Crippen molar-refractivity contribution in [3.8, 4) is 0 Å². The minimum atomic E-state index is -4.54. The first kappa shape index (κ1) is 19.2. The van der Waals surface area contributed by atoms with Crippen molar-refractivity contribution in [2.75, 3.05) is 18.4 Å². The predicted molar refractivity (Wildman–Crippen MR) is 85.2 cm³/mol. The summed E-state index contributed by atoms with van der Waals surface area (Å²) in [4.78, 5) is 12.2. The first-order chi connectivity index (χ1) is 11.0. The molecule has 24 heavy (non-hydrogen) atoms. The number of nitrogens with two attached hydrogens (primary N) is 1. The smallest absolute Gasteiger partial charge is 0.326 e. The largest absolute Gasteiger partial charge is 0.417 e. The van der Waals surface area contributed by atoms with Gasteiger partial charge in [-0.1, -0.05) is 15.9 Å². The summed E-state index contributed by atoms with van der Waals surface area (Å²) in [6.07, 6.45) is -4.03. The number of anilines is 1. The van der Waals surface area contributed by atoms with E-state index in [0.717, 1.165) is 10.4 Å². The molecule has 134 valence electrons. The van der Waals surface area contributed by atoms with E-state index in [1.807, 2.05) is 0 Å². The van der Waals surface area contributed by atoms with E-state index in [4.69, 9.17) is 5.14 Å². The van der Waals surface area contributed by atoms with Gasteiger partial charge in [-0.15, -0.1) is 0 Å². The quantitative estimate of drug-likeness (QED) is 0.771. The number of hydrogen-bond acceptors (Lipinski definition) is 3. The van der Waals surface area contributed by atoms with Crippen LogP contribution in [0, 0.1) is 5.92 Å². The maximum Gasteiger partial charge on any atom is 0.417 e. The van der Waals surface area contributed by atoms with Crippen LogP contribution in [0.2, 0.25) is 0 Å². The van der Waals surface area contributed by atoms with Crippen molar-refractivity contribution in [3.05, 3.63) is 28.2 Å². The van der Waals surface area contributed by atoms with Crippen LogP contribution < -0.4 is 10.5 Å². The summed E-state index contributed by atoms with van der Waals surface area (Å²) >= 11 is 2.83. The van der Waals surface area contributed by atoms with E-state index in [1.165, 1.54) is 12.1 Å². The number of carbonyl (C=O) groups excluding carboxylic acids is 1. The molecule has 0 spiro atoms. The molecule has 0 aliphatic carbocycles. The second kappa shape index (κ2) is 6.98. The van der Waals surface area contributed by atoms with Crippen LogP contribution in [0.15, 0.2) is 22.7 Å². The Labute approximate surface area is 145 Å². The molecule has 2 rings (SSSR count). The fourth-order valence-electron chi connectivity index (χ4n) is 2.44. The van der Waals surface area contributed by atoms with Crippen LogP contribution in [0.4, 0.5) is 18.9 Å². The van der Waals surface area contributed by atoms with Crippen molar-refractivity contribution >= 4 is 37.7 Å². The molecule has 1 aliphatic rings. The van der Waals surface area contributed by atoms with Crippen molar-refractivity contribution < 1.29 is 26.4 Å². The molecule has 0 unspecified atom stereocenters. The Bertz CT molecular complexity index is 732. The van der Waals surface area contributed by atoms with Gasteiger partial charge in [0.25, 0.3) is 10.2 Å². The van der Waals surface area contributed by atoms with Crippen molar-refractivity contribution in [3.63, 3.8) is 0 Å². The number of alkyl halides is 3. The lowest BCUT2D eigenvalue weighted by Crippen LogP contribution is -2.44. The summed E-state index contributed by atoms with van der Waals surface area (Å²) in [5.74, 6) is -0.930. The number of carbonyl (C=O) groups is 1. The Morgan fingerprint density at radius 3 is 2.38 bits per heavy atom. The highest BCUT2D eigenvalue weighted by molar-refractivity contribution is 9.10. The molecule has 0 aromatic heterocycles. The molecule has 1 fully saturated rings. The van der Waals surface area contributed by atoms with Crippen LogP contribution in [-0.4, -0.2) is 31.7 Å². The highest BCUT2D eigenvalue weighted by atomic mass is 79.9. The summed E-state index contributed by atoms with van der Waals surface area (Å²) in [6, 6.07) is 3.42. The highest BCUT2D eigenvalue weighted by Gasteiger charge is 2.34. The third-order valence-electron chi connectivity index (χ3n) is 3.72. The van der Waals surface area contributed by atoms with Gasteiger partial charge in [0, 0.05) is 29.2 Å².